The predicted octanol–water partition coefficient (Wildman–Crippen LogP) is 3.16. The van der Waals surface area contributed by atoms with E-state index < -0.39 is 0 Å². The molecule has 0 saturated carbocycles. The zero-order valence-corrected chi connectivity index (χ0v) is 13.4. The van der Waals surface area contributed by atoms with Crippen LogP contribution in [0, 0.1) is 6.92 Å². The number of amides is 1. The fourth-order valence-corrected chi connectivity index (χ4v) is 2.37. The van der Waals surface area contributed by atoms with Gasteiger partial charge in [-0.05, 0) is 31.2 Å². The normalized spacial score (nSPS) is 10.4. The molecule has 0 aliphatic heterocycles. The van der Waals surface area contributed by atoms with Crippen molar-refractivity contribution in [3.63, 3.8) is 0 Å². The monoisotopic (exact) mass is 318 g/mol. The van der Waals surface area contributed by atoms with E-state index >= 15 is 0 Å². The average Bonchev–Trinajstić information content (AvgIpc) is 3.10. The van der Waals surface area contributed by atoms with E-state index in [1.54, 1.807) is 29.1 Å². The third kappa shape index (κ3) is 3.25. The van der Waals surface area contributed by atoms with Gasteiger partial charge >= 0.3 is 0 Å². The molecule has 0 aliphatic rings. The summed E-state index contributed by atoms with van der Waals surface area (Å²) in [5, 5.41) is 10.9. The van der Waals surface area contributed by atoms with Crippen LogP contribution >= 0.6 is 0 Å². The molecular formula is C19H18N4O. The van der Waals surface area contributed by atoms with Gasteiger partial charge in [0.05, 0.1) is 17.6 Å². The zero-order valence-electron chi connectivity index (χ0n) is 13.4. The van der Waals surface area contributed by atoms with Gasteiger partial charge in [-0.1, -0.05) is 41.1 Å². The predicted molar refractivity (Wildman–Crippen MR) is 94.1 cm³/mol. The lowest BCUT2D eigenvalue weighted by Crippen LogP contribution is -2.23. The lowest BCUT2D eigenvalue weighted by Gasteiger charge is -2.08. The molecule has 0 bridgehead atoms. The van der Waals surface area contributed by atoms with Crippen LogP contribution in [0.4, 0.5) is 0 Å². The summed E-state index contributed by atoms with van der Waals surface area (Å²) in [5.41, 5.74) is 4.59. The number of hydrogen-bond acceptors (Lipinski definition) is 3. The fourth-order valence-electron chi connectivity index (χ4n) is 2.37. The lowest BCUT2D eigenvalue weighted by atomic mass is 10.1. The molecule has 120 valence electrons. The van der Waals surface area contributed by atoms with Gasteiger partial charge < -0.3 is 5.32 Å². The maximum absolute atomic E-state index is 11.9. The van der Waals surface area contributed by atoms with Crippen molar-refractivity contribution in [2.24, 2.45) is 0 Å². The van der Waals surface area contributed by atoms with Gasteiger partial charge in [0.1, 0.15) is 0 Å². The van der Waals surface area contributed by atoms with Gasteiger partial charge in [0.25, 0.3) is 5.91 Å². The molecule has 0 aliphatic carbocycles. The van der Waals surface area contributed by atoms with E-state index in [9.17, 15) is 4.79 Å². The standard InChI is InChI=1S/C19H18N4O/c1-3-12-20-19(24)16-8-10-17(11-9-16)23-18(13-21-22-23)15-6-4-14(2)5-7-15/h3-11,13H,1,12H2,2H3,(H,20,24). The number of carbonyl (C=O) groups is 1. The van der Waals surface area contributed by atoms with Crippen LogP contribution in [0.5, 0.6) is 0 Å². The molecule has 3 rings (SSSR count). The highest BCUT2D eigenvalue weighted by molar-refractivity contribution is 5.94. The molecule has 0 spiro atoms. The van der Waals surface area contributed by atoms with Gasteiger partial charge in [-0.15, -0.1) is 11.7 Å². The second-order valence-electron chi connectivity index (χ2n) is 5.44. The number of hydrogen-bond donors (Lipinski definition) is 1. The van der Waals surface area contributed by atoms with E-state index in [-0.39, 0.29) is 5.91 Å². The molecule has 1 aromatic heterocycles. The van der Waals surface area contributed by atoms with E-state index in [2.05, 4.69) is 41.3 Å². The Balaban J connectivity index is 1.88. The van der Waals surface area contributed by atoms with Crippen LogP contribution in [0.25, 0.3) is 16.9 Å². The molecule has 0 unspecified atom stereocenters. The summed E-state index contributed by atoms with van der Waals surface area (Å²) in [6.45, 7) is 6.08. The minimum atomic E-state index is -0.126. The molecule has 1 amide bonds. The maximum Gasteiger partial charge on any atom is 0.251 e. The van der Waals surface area contributed by atoms with Crippen molar-refractivity contribution >= 4 is 5.91 Å². The quantitative estimate of drug-likeness (QED) is 0.735. The summed E-state index contributed by atoms with van der Waals surface area (Å²) in [6.07, 6.45) is 3.38. The van der Waals surface area contributed by atoms with Crippen LogP contribution in [0.3, 0.4) is 0 Å². The van der Waals surface area contributed by atoms with Gasteiger partial charge in [0, 0.05) is 17.7 Å². The Morgan fingerprint density at radius 2 is 1.88 bits per heavy atom. The largest absolute Gasteiger partial charge is 0.349 e. The fraction of sp³-hybridized carbons (Fsp3) is 0.105. The first kappa shape index (κ1) is 15.7. The Labute approximate surface area is 140 Å². The van der Waals surface area contributed by atoms with Crippen LogP contribution in [0.15, 0.2) is 67.4 Å². The number of aryl methyl sites for hydroxylation is 1. The topological polar surface area (TPSA) is 59.8 Å². The van der Waals surface area contributed by atoms with Crippen LogP contribution < -0.4 is 5.32 Å². The minimum absolute atomic E-state index is 0.126. The summed E-state index contributed by atoms with van der Waals surface area (Å²) in [6, 6.07) is 15.5. The van der Waals surface area contributed by atoms with Gasteiger partial charge in [-0.2, -0.15) is 0 Å². The van der Waals surface area contributed by atoms with Crippen molar-refractivity contribution in [1.82, 2.24) is 20.3 Å². The summed E-state index contributed by atoms with van der Waals surface area (Å²) in [4.78, 5) is 11.9. The Morgan fingerprint density at radius 1 is 1.17 bits per heavy atom. The van der Waals surface area contributed by atoms with Crippen LogP contribution in [0.2, 0.25) is 0 Å². The summed E-state index contributed by atoms with van der Waals surface area (Å²) in [7, 11) is 0. The highest BCUT2D eigenvalue weighted by atomic mass is 16.1. The molecule has 1 N–H and O–H groups in total. The minimum Gasteiger partial charge on any atom is -0.349 e. The molecule has 2 aromatic carbocycles. The Hall–Kier alpha value is -3.21. The van der Waals surface area contributed by atoms with E-state index in [1.165, 1.54) is 5.56 Å². The number of carbonyl (C=O) groups excluding carboxylic acids is 1. The van der Waals surface area contributed by atoms with Gasteiger partial charge in [0.2, 0.25) is 0 Å². The number of benzene rings is 2. The van der Waals surface area contributed by atoms with Gasteiger partial charge in [-0.25, -0.2) is 4.68 Å². The smallest absolute Gasteiger partial charge is 0.251 e. The van der Waals surface area contributed by atoms with Crippen molar-refractivity contribution in [3.8, 4) is 16.9 Å². The molecular weight excluding hydrogens is 300 g/mol. The van der Waals surface area contributed by atoms with Gasteiger partial charge in [-0.3, -0.25) is 4.79 Å². The van der Waals surface area contributed by atoms with Crippen LogP contribution in [-0.2, 0) is 0 Å². The van der Waals surface area contributed by atoms with Crippen molar-refractivity contribution in [2.75, 3.05) is 6.54 Å². The van der Waals surface area contributed by atoms with Crippen molar-refractivity contribution in [1.29, 1.82) is 0 Å². The molecule has 0 fully saturated rings. The van der Waals surface area contributed by atoms with Crippen molar-refractivity contribution < 1.29 is 4.79 Å². The Morgan fingerprint density at radius 3 is 2.54 bits per heavy atom. The zero-order chi connectivity index (χ0) is 16.9. The van der Waals surface area contributed by atoms with Crippen molar-refractivity contribution in [2.45, 2.75) is 6.92 Å². The molecule has 5 nitrogen and oxygen atoms in total. The first-order valence-electron chi connectivity index (χ1n) is 7.66. The van der Waals surface area contributed by atoms with Crippen LogP contribution in [-0.4, -0.2) is 27.4 Å². The molecule has 5 heteroatoms. The Kier molecular flexibility index (Phi) is 4.52. The SMILES string of the molecule is C=CCNC(=O)c1ccc(-n2nncc2-c2ccc(C)cc2)cc1. The van der Waals surface area contributed by atoms with E-state index in [0.29, 0.717) is 12.1 Å². The van der Waals surface area contributed by atoms with E-state index in [0.717, 1.165) is 16.9 Å². The maximum atomic E-state index is 11.9. The third-order valence-corrected chi connectivity index (χ3v) is 3.68. The molecule has 24 heavy (non-hydrogen) atoms. The first-order valence-corrected chi connectivity index (χ1v) is 7.66. The molecule has 0 radical (unpaired) electrons. The highest BCUT2D eigenvalue weighted by Crippen LogP contribution is 2.22. The molecule has 0 atom stereocenters. The van der Waals surface area contributed by atoms with E-state index in [4.69, 9.17) is 0 Å². The number of rotatable bonds is 5. The summed E-state index contributed by atoms with van der Waals surface area (Å²) in [5.74, 6) is -0.126. The number of nitrogens with zero attached hydrogens (tertiary/aromatic N) is 3. The Bertz CT molecular complexity index is 848. The summed E-state index contributed by atoms with van der Waals surface area (Å²) < 4.78 is 1.76. The third-order valence-electron chi connectivity index (χ3n) is 3.68. The second kappa shape index (κ2) is 6.91. The second-order valence-corrected chi connectivity index (χ2v) is 5.44. The van der Waals surface area contributed by atoms with Gasteiger partial charge in [0.15, 0.2) is 0 Å². The first-order chi connectivity index (χ1) is 11.7. The average molecular weight is 318 g/mol. The number of aromatic nitrogens is 3. The van der Waals surface area contributed by atoms with Crippen LogP contribution in [0.1, 0.15) is 15.9 Å². The van der Waals surface area contributed by atoms with Crippen molar-refractivity contribution in [3.05, 3.63) is 78.5 Å². The molecule has 1 heterocycles. The number of nitrogens with one attached hydrogen (secondary N) is 1. The molecule has 3 aromatic rings. The molecule has 0 saturated heterocycles. The van der Waals surface area contributed by atoms with E-state index in [1.807, 2.05) is 24.3 Å². The lowest BCUT2D eigenvalue weighted by molar-refractivity contribution is 0.0958. The highest BCUT2D eigenvalue weighted by Gasteiger charge is 2.10. The summed E-state index contributed by atoms with van der Waals surface area (Å²) >= 11 is 0.